The first-order valence-corrected chi connectivity index (χ1v) is 7.40. The first-order chi connectivity index (χ1) is 9.09. The van der Waals surface area contributed by atoms with Crippen molar-refractivity contribution in [3.63, 3.8) is 0 Å². The molecule has 0 radical (unpaired) electrons. The Kier molecular flexibility index (Phi) is 2.23. The van der Waals surface area contributed by atoms with Gasteiger partial charge in [0, 0.05) is 31.2 Å². The van der Waals surface area contributed by atoms with E-state index in [2.05, 4.69) is 29.8 Å². The van der Waals surface area contributed by atoms with E-state index in [1.54, 1.807) is 0 Å². The molecule has 1 unspecified atom stereocenters. The van der Waals surface area contributed by atoms with Crippen molar-refractivity contribution < 1.29 is 5.11 Å². The Balaban J connectivity index is 1.74. The lowest BCUT2D eigenvalue weighted by molar-refractivity contribution is 0.215. The summed E-state index contributed by atoms with van der Waals surface area (Å²) in [6, 6.07) is 5.86. The van der Waals surface area contributed by atoms with Gasteiger partial charge < -0.3 is 10.0 Å². The highest BCUT2D eigenvalue weighted by Crippen LogP contribution is 2.52. The second-order valence-electron chi connectivity index (χ2n) is 6.79. The highest BCUT2D eigenvalue weighted by Gasteiger charge is 2.53. The van der Waals surface area contributed by atoms with E-state index in [0.29, 0.717) is 11.9 Å². The Morgan fingerprint density at radius 3 is 2.89 bits per heavy atom. The minimum atomic E-state index is 0.178. The van der Waals surface area contributed by atoms with Crippen LogP contribution in [0.25, 0.3) is 0 Å². The van der Waals surface area contributed by atoms with Gasteiger partial charge >= 0.3 is 0 Å². The van der Waals surface area contributed by atoms with Crippen LogP contribution < -0.4 is 4.90 Å². The fourth-order valence-electron chi connectivity index (χ4n) is 4.22. The summed E-state index contributed by atoms with van der Waals surface area (Å²) in [5.41, 5.74) is 2.81. The molecule has 1 saturated carbocycles. The summed E-state index contributed by atoms with van der Waals surface area (Å²) in [5.74, 6) is 1.34. The molecule has 2 atom stereocenters. The largest absolute Gasteiger partial charge is 0.508 e. The van der Waals surface area contributed by atoms with E-state index >= 15 is 0 Å². The van der Waals surface area contributed by atoms with Gasteiger partial charge in [0.2, 0.25) is 0 Å². The van der Waals surface area contributed by atoms with Crippen LogP contribution in [0, 0.1) is 5.92 Å². The van der Waals surface area contributed by atoms with Crippen LogP contribution in [0.2, 0.25) is 0 Å². The van der Waals surface area contributed by atoms with E-state index in [4.69, 9.17) is 0 Å². The van der Waals surface area contributed by atoms with Crippen molar-refractivity contribution in [1.29, 1.82) is 0 Å². The number of benzene rings is 1. The minimum Gasteiger partial charge on any atom is -0.508 e. The third-order valence-corrected chi connectivity index (χ3v) is 5.37. The molecule has 0 bridgehead atoms. The Bertz CT molecular complexity index is 525. The molecule has 0 aromatic heterocycles. The van der Waals surface area contributed by atoms with E-state index in [0.717, 1.165) is 5.92 Å². The molecule has 102 valence electrons. The zero-order valence-electron chi connectivity index (χ0n) is 11.8. The molecule has 2 fully saturated rings. The van der Waals surface area contributed by atoms with Crippen LogP contribution in [0.1, 0.15) is 31.7 Å². The smallest absolute Gasteiger partial charge is 0.116 e. The molecule has 4 rings (SSSR count). The highest BCUT2D eigenvalue weighted by molar-refractivity contribution is 5.65. The molecule has 3 heteroatoms. The zero-order valence-corrected chi connectivity index (χ0v) is 11.8. The molecule has 1 aliphatic carbocycles. The lowest BCUT2D eigenvalue weighted by Gasteiger charge is -2.34. The van der Waals surface area contributed by atoms with Gasteiger partial charge in [-0.3, -0.25) is 4.90 Å². The average molecular weight is 258 g/mol. The maximum absolute atomic E-state index is 9.81. The van der Waals surface area contributed by atoms with Gasteiger partial charge in [-0.2, -0.15) is 0 Å². The van der Waals surface area contributed by atoms with Gasteiger partial charge in [0.15, 0.2) is 0 Å². The molecule has 1 saturated heterocycles. The standard InChI is InChI=1S/C16H22N2O/c1-16-7-8-18(10-11-3-4-11)15(16)17(2)14-6-5-12(19)9-13(14)16/h5-6,9,11,15,19H,3-4,7-8,10H2,1-2H3/t15?,16-/m0/s1. The summed E-state index contributed by atoms with van der Waals surface area (Å²) in [6.07, 6.45) is 4.50. The lowest BCUT2D eigenvalue weighted by atomic mass is 9.81. The molecular weight excluding hydrogens is 236 g/mol. The highest BCUT2D eigenvalue weighted by atomic mass is 16.3. The van der Waals surface area contributed by atoms with Crippen molar-refractivity contribution in [3.8, 4) is 5.75 Å². The normalized spacial score (nSPS) is 33.6. The number of likely N-dealkylation sites (N-methyl/N-ethyl adjacent to an activating group) is 1. The van der Waals surface area contributed by atoms with Crippen molar-refractivity contribution in [2.45, 2.75) is 37.8 Å². The number of rotatable bonds is 2. The summed E-state index contributed by atoms with van der Waals surface area (Å²) >= 11 is 0. The number of nitrogens with zero attached hydrogens (tertiary/aromatic N) is 2. The van der Waals surface area contributed by atoms with Crippen LogP contribution in [0.15, 0.2) is 18.2 Å². The van der Waals surface area contributed by atoms with Crippen LogP contribution in [-0.4, -0.2) is 36.3 Å². The van der Waals surface area contributed by atoms with Crippen LogP contribution >= 0.6 is 0 Å². The summed E-state index contributed by atoms with van der Waals surface area (Å²) in [6.45, 7) is 4.81. The van der Waals surface area contributed by atoms with Gasteiger partial charge in [0.05, 0.1) is 6.17 Å². The summed E-state index contributed by atoms with van der Waals surface area (Å²) in [4.78, 5) is 5.08. The average Bonchev–Trinajstić information content (AvgIpc) is 3.08. The predicted octanol–water partition coefficient (Wildman–Crippen LogP) is 2.54. The maximum atomic E-state index is 9.81. The summed E-state index contributed by atoms with van der Waals surface area (Å²) in [7, 11) is 2.21. The van der Waals surface area contributed by atoms with Gasteiger partial charge in [-0.25, -0.2) is 0 Å². The molecule has 1 aromatic carbocycles. The van der Waals surface area contributed by atoms with Crippen molar-refractivity contribution in [2.24, 2.45) is 5.92 Å². The number of hydrogen-bond acceptors (Lipinski definition) is 3. The number of likely N-dealkylation sites (tertiary alicyclic amines) is 1. The number of fused-ring (bicyclic) bond motifs is 3. The number of anilines is 1. The van der Waals surface area contributed by atoms with Gasteiger partial charge in [-0.05, 0) is 48.9 Å². The SMILES string of the molecule is CN1c2ccc(O)cc2[C@]2(C)CCN(CC3CC3)C12. The molecule has 1 aromatic rings. The van der Waals surface area contributed by atoms with Crippen LogP contribution in [0.4, 0.5) is 5.69 Å². The van der Waals surface area contributed by atoms with Crippen molar-refractivity contribution in [3.05, 3.63) is 23.8 Å². The minimum absolute atomic E-state index is 0.178. The third kappa shape index (κ3) is 1.54. The van der Waals surface area contributed by atoms with E-state index in [1.165, 1.54) is 43.6 Å². The molecule has 2 aliphatic heterocycles. The lowest BCUT2D eigenvalue weighted by Crippen LogP contribution is -2.47. The third-order valence-electron chi connectivity index (χ3n) is 5.37. The van der Waals surface area contributed by atoms with Gasteiger partial charge in [0.25, 0.3) is 0 Å². The summed E-state index contributed by atoms with van der Waals surface area (Å²) in [5, 5.41) is 9.81. The molecular formula is C16H22N2O. The Hall–Kier alpha value is -1.22. The van der Waals surface area contributed by atoms with Crippen molar-refractivity contribution >= 4 is 5.69 Å². The molecule has 1 N–H and O–H groups in total. The van der Waals surface area contributed by atoms with Crippen LogP contribution in [0.3, 0.4) is 0 Å². The van der Waals surface area contributed by atoms with Crippen molar-refractivity contribution in [2.75, 3.05) is 25.0 Å². The van der Waals surface area contributed by atoms with E-state index in [-0.39, 0.29) is 5.41 Å². The monoisotopic (exact) mass is 258 g/mol. The van der Waals surface area contributed by atoms with E-state index in [9.17, 15) is 5.11 Å². The van der Waals surface area contributed by atoms with E-state index < -0.39 is 0 Å². The molecule has 19 heavy (non-hydrogen) atoms. The zero-order chi connectivity index (χ0) is 13.2. The Labute approximate surface area is 114 Å². The first kappa shape index (κ1) is 11.6. The Morgan fingerprint density at radius 1 is 1.37 bits per heavy atom. The number of hydrogen-bond donors (Lipinski definition) is 1. The fourth-order valence-corrected chi connectivity index (χ4v) is 4.22. The van der Waals surface area contributed by atoms with E-state index in [1.807, 2.05) is 12.1 Å². The number of aromatic hydroxyl groups is 1. The van der Waals surface area contributed by atoms with Crippen LogP contribution in [-0.2, 0) is 5.41 Å². The molecule has 3 nitrogen and oxygen atoms in total. The topological polar surface area (TPSA) is 26.7 Å². The summed E-state index contributed by atoms with van der Waals surface area (Å²) < 4.78 is 0. The number of phenols is 1. The number of phenolic OH excluding ortho intramolecular Hbond substituents is 1. The first-order valence-electron chi connectivity index (χ1n) is 7.40. The second-order valence-corrected chi connectivity index (χ2v) is 6.79. The van der Waals surface area contributed by atoms with Gasteiger partial charge in [-0.1, -0.05) is 6.92 Å². The molecule has 3 aliphatic rings. The maximum Gasteiger partial charge on any atom is 0.116 e. The Morgan fingerprint density at radius 2 is 2.16 bits per heavy atom. The molecule has 0 amide bonds. The van der Waals surface area contributed by atoms with Crippen molar-refractivity contribution in [1.82, 2.24) is 4.90 Å². The molecule has 2 heterocycles. The van der Waals surface area contributed by atoms with Crippen LogP contribution in [0.5, 0.6) is 5.75 Å². The molecule has 0 spiro atoms. The van der Waals surface area contributed by atoms with Gasteiger partial charge in [-0.15, -0.1) is 0 Å². The second kappa shape index (κ2) is 3.66. The fraction of sp³-hybridized carbons (Fsp3) is 0.625. The van der Waals surface area contributed by atoms with Gasteiger partial charge in [0.1, 0.15) is 5.75 Å². The quantitative estimate of drug-likeness (QED) is 0.883. The predicted molar refractivity (Wildman–Crippen MR) is 76.6 cm³/mol.